The van der Waals surface area contributed by atoms with Crippen LogP contribution in [0.5, 0.6) is 0 Å². The molecular weight excluding hydrogens is 211 g/mol. The number of Topliss-reactive ketones (excluding diaryl/α,β-unsaturated/α-hetero) is 1. The van der Waals surface area contributed by atoms with E-state index in [4.69, 9.17) is 0 Å². The van der Waals surface area contributed by atoms with Gasteiger partial charge in [-0.1, -0.05) is 0 Å². The van der Waals surface area contributed by atoms with Gasteiger partial charge < -0.3 is 5.32 Å². The summed E-state index contributed by atoms with van der Waals surface area (Å²) in [5.41, 5.74) is -1.43. The maximum absolute atomic E-state index is 12.5. The molecule has 0 unspecified atom stereocenters. The van der Waals surface area contributed by atoms with E-state index >= 15 is 0 Å². The molecule has 80 valence electrons. The molecule has 4 nitrogen and oxygen atoms in total. The zero-order chi connectivity index (χ0) is 11.1. The molecule has 1 aliphatic rings. The lowest BCUT2D eigenvalue weighted by molar-refractivity contribution is -0.141. The first kappa shape index (κ1) is 10.0. The number of carbonyl (C=O) groups is 1. The van der Waals surface area contributed by atoms with Gasteiger partial charge in [0.15, 0.2) is 11.5 Å². The lowest BCUT2D eigenvalue weighted by atomic mass is 10.0. The SMILES string of the molecule is O=C1CNCc2ncnc(C(F)(F)F)c21. The van der Waals surface area contributed by atoms with Gasteiger partial charge in [0, 0.05) is 6.54 Å². The second-order valence-corrected chi connectivity index (χ2v) is 3.07. The normalized spacial score (nSPS) is 16.3. The average Bonchev–Trinajstić information content (AvgIpc) is 2.16. The minimum absolute atomic E-state index is 0.105. The van der Waals surface area contributed by atoms with Crippen molar-refractivity contribution >= 4 is 5.78 Å². The summed E-state index contributed by atoms with van der Waals surface area (Å²) in [6, 6.07) is 0. The van der Waals surface area contributed by atoms with E-state index in [2.05, 4.69) is 15.3 Å². The number of alkyl halides is 3. The zero-order valence-electron chi connectivity index (χ0n) is 7.43. The summed E-state index contributed by atoms with van der Waals surface area (Å²) < 4.78 is 37.5. The molecule has 0 atom stereocenters. The molecule has 1 aromatic rings. The first-order valence-electron chi connectivity index (χ1n) is 4.15. The summed E-state index contributed by atoms with van der Waals surface area (Å²) >= 11 is 0. The lowest BCUT2D eigenvalue weighted by Gasteiger charge is -2.18. The van der Waals surface area contributed by atoms with Crippen molar-refractivity contribution in [2.24, 2.45) is 0 Å². The zero-order valence-corrected chi connectivity index (χ0v) is 7.43. The van der Waals surface area contributed by atoms with Crippen LogP contribution in [0.2, 0.25) is 0 Å². The number of nitrogens with one attached hydrogen (secondary N) is 1. The third-order valence-electron chi connectivity index (χ3n) is 2.05. The largest absolute Gasteiger partial charge is 0.434 e. The smallest absolute Gasteiger partial charge is 0.304 e. The van der Waals surface area contributed by atoms with Gasteiger partial charge >= 0.3 is 6.18 Å². The number of rotatable bonds is 0. The molecule has 1 aromatic heterocycles. The molecule has 2 heterocycles. The van der Waals surface area contributed by atoms with E-state index in [-0.39, 0.29) is 18.8 Å². The Bertz CT molecular complexity index is 416. The Morgan fingerprint density at radius 2 is 2.00 bits per heavy atom. The maximum Gasteiger partial charge on any atom is 0.434 e. The first-order chi connectivity index (χ1) is 7.00. The molecular formula is C8H6F3N3O. The quantitative estimate of drug-likeness (QED) is 0.697. The minimum Gasteiger partial charge on any atom is -0.304 e. The Morgan fingerprint density at radius 3 is 2.67 bits per heavy atom. The summed E-state index contributed by atoms with van der Waals surface area (Å²) in [5.74, 6) is -0.621. The van der Waals surface area contributed by atoms with Crippen LogP contribution in [-0.4, -0.2) is 22.3 Å². The van der Waals surface area contributed by atoms with Gasteiger partial charge in [0.1, 0.15) is 6.33 Å². The molecule has 2 rings (SSSR count). The number of aromatic nitrogens is 2. The van der Waals surface area contributed by atoms with Crippen LogP contribution in [0.15, 0.2) is 6.33 Å². The minimum atomic E-state index is -4.61. The van der Waals surface area contributed by atoms with Crippen LogP contribution in [0.1, 0.15) is 21.7 Å². The van der Waals surface area contributed by atoms with Crippen molar-refractivity contribution in [2.75, 3.05) is 6.54 Å². The molecule has 0 fully saturated rings. The maximum atomic E-state index is 12.5. The second kappa shape index (κ2) is 3.27. The van der Waals surface area contributed by atoms with Crippen LogP contribution >= 0.6 is 0 Å². The Labute approximate surface area is 82.5 Å². The molecule has 0 aromatic carbocycles. The van der Waals surface area contributed by atoms with Crippen molar-refractivity contribution in [3.63, 3.8) is 0 Å². The van der Waals surface area contributed by atoms with Crippen molar-refractivity contribution in [2.45, 2.75) is 12.7 Å². The Morgan fingerprint density at radius 1 is 1.27 bits per heavy atom. The fraction of sp³-hybridized carbons (Fsp3) is 0.375. The first-order valence-corrected chi connectivity index (χ1v) is 4.15. The highest BCUT2D eigenvalue weighted by molar-refractivity contribution is 6.00. The average molecular weight is 217 g/mol. The predicted octanol–water partition coefficient (Wildman–Crippen LogP) is 0.781. The van der Waals surface area contributed by atoms with E-state index in [1.165, 1.54) is 0 Å². The molecule has 0 bridgehead atoms. The van der Waals surface area contributed by atoms with E-state index in [0.717, 1.165) is 6.33 Å². The monoisotopic (exact) mass is 217 g/mol. The van der Waals surface area contributed by atoms with Crippen LogP contribution < -0.4 is 5.32 Å². The molecule has 0 spiro atoms. The van der Waals surface area contributed by atoms with Crippen molar-refractivity contribution in [1.29, 1.82) is 0 Å². The molecule has 0 amide bonds. The molecule has 0 saturated carbocycles. The second-order valence-electron chi connectivity index (χ2n) is 3.07. The molecule has 0 aliphatic carbocycles. The summed E-state index contributed by atoms with van der Waals surface area (Å²) in [4.78, 5) is 18.1. The lowest BCUT2D eigenvalue weighted by Crippen LogP contribution is -2.33. The van der Waals surface area contributed by atoms with Gasteiger partial charge in [0.25, 0.3) is 0 Å². The summed E-state index contributed by atoms with van der Waals surface area (Å²) in [6.07, 6.45) is -3.79. The highest BCUT2D eigenvalue weighted by atomic mass is 19.4. The van der Waals surface area contributed by atoms with Crippen molar-refractivity contribution in [1.82, 2.24) is 15.3 Å². The number of halogens is 3. The number of hydrogen-bond donors (Lipinski definition) is 1. The molecule has 15 heavy (non-hydrogen) atoms. The Balaban J connectivity index is 2.62. The van der Waals surface area contributed by atoms with Crippen molar-refractivity contribution < 1.29 is 18.0 Å². The third-order valence-corrected chi connectivity index (χ3v) is 2.05. The Kier molecular flexibility index (Phi) is 2.18. The van der Waals surface area contributed by atoms with E-state index in [9.17, 15) is 18.0 Å². The van der Waals surface area contributed by atoms with Gasteiger partial charge in [-0.2, -0.15) is 13.2 Å². The summed E-state index contributed by atoms with van der Waals surface area (Å²) in [5, 5.41) is 2.66. The van der Waals surface area contributed by atoms with Crippen LogP contribution in [-0.2, 0) is 12.7 Å². The van der Waals surface area contributed by atoms with Crippen LogP contribution in [0.3, 0.4) is 0 Å². The van der Waals surface area contributed by atoms with E-state index in [0.29, 0.717) is 0 Å². The third kappa shape index (κ3) is 1.70. The van der Waals surface area contributed by atoms with Gasteiger partial charge in [-0.3, -0.25) is 4.79 Å². The Hall–Kier alpha value is -1.50. The number of hydrogen-bond acceptors (Lipinski definition) is 4. The van der Waals surface area contributed by atoms with Crippen LogP contribution in [0.25, 0.3) is 0 Å². The molecule has 0 saturated heterocycles. The van der Waals surface area contributed by atoms with Gasteiger partial charge in [0.2, 0.25) is 0 Å². The molecule has 1 N–H and O–H groups in total. The fourth-order valence-corrected chi connectivity index (χ4v) is 1.45. The van der Waals surface area contributed by atoms with E-state index in [1.54, 1.807) is 0 Å². The molecule has 7 heteroatoms. The van der Waals surface area contributed by atoms with Crippen molar-refractivity contribution in [3.05, 3.63) is 23.3 Å². The van der Waals surface area contributed by atoms with Gasteiger partial charge in [-0.05, 0) is 0 Å². The fourth-order valence-electron chi connectivity index (χ4n) is 1.45. The number of fused-ring (bicyclic) bond motifs is 1. The van der Waals surface area contributed by atoms with Crippen molar-refractivity contribution in [3.8, 4) is 0 Å². The summed E-state index contributed by atoms with van der Waals surface area (Å²) in [7, 11) is 0. The topological polar surface area (TPSA) is 54.9 Å². The highest BCUT2D eigenvalue weighted by Gasteiger charge is 2.39. The van der Waals surface area contributed by atoms with Gasteiger partial charge in [-0.15, -0.1) is 0 Å². The van der Waals surface area contributed by atoms with Gasteiger partial charge in [0.05, 0.1) is 17.8 Å². The standard InChI is InChI=1S/C8H6F3N3O/c9-8(10,11)7-6-4(13-3-14-7)1-12-2-5(6)15/h3,12H,1-2H2. The summed E-state index contributed by atoms with van der Waals surface area (Å²) in [6.45, 7) is 0.0517. The van der Waals surface area contributed by atoms with Crippen LogP contribution in [0, 0.1) is 0 Å². The van der Waals surface area contributed by atoms with Crippen LogP contribution in [0.4, 0.5) is 13.2 Å². The van der Waals surface area contributed by atoms with E-state index in [1.807, 2.05) is 0 Å². The highest BCUT2D eigenvalue weighted by Crippen LogP contribution is 2.31. The molecule has 1 aliphatic heterocycles. The number of ketones is 1. The number of nitrogens with zero attached hydrogens (tertiary/aromatic N) is 2. The predicted molar refractivity (Wildman–Crippen MR) is 43.1 cm³/mol. The van der Waals surface area contributed by atoms with E-state index < -0.39 is 23.2 Å². The number of carbonyl (C=O) groups excluding carboxylic acids is 1. The van der Waals surface area contributed by atoms with Gasteiger partial charge in [-0.25, -0.2) is 9.97 Å². The molecule has 0 radical (unpaired) electrons.